The van der Waals surface area contributed by atoms with Crippen LogP contribution in [0.25, 0.3) is 28.0 Å². The molecule has 0 N–H and O–H groups in total. The second-order valence-electron chi connectivity index (χ2n) is 18.5. The van der Waals surface area contributed by atoms with Crippen molar-refractivity contribution in [3.63, 3.8) is 0 Å². The number of aryl methyl sites for hydroxylation is 1. The first-order chi connectivity index (χ1) is 28.8. The zero-order valence-electron chi connectivity index (χ0n) is 34.9. The minimum Gasteiger partial charge on any atom is -0.362 e. The summed E-state index contributed by atoms with van der Waals surface area (Å²) >= 11 is 0. The molecule has 1 saturated heterocycles. The summed E-state index contributed by atoms with van der Waals surface area (Å²) in [6, 6.07) is 39.0. The smallest absolute Gasteiger partial charge is 0.0541 e. The van der Waals surface area contributed by atoms with Gasteiger partial charge in [0.2, 0.25) is 0 Å². The molecule has 0 amide bonds. The van der Waals surface area contributed by atoms with Gasteiger partial charge in [0.1, 0.15) is 0 Å². The van der Waals surface area contributed by atoms with Crippen LogP contribution in [0.3, 0.4) is 0 Å². The summed E-state index contributed by atoms with van der Waals surface area (Å²) < 4.78 is 0. The first-order valence-corrected chi connectivity index (χ1v) is 22.1. The zero-order chi connectivity index (χ0) is 39.8. The van der Waals surface area contributed by atoms with Crippen LogP contribution in [0.5, 0.6) is 0 Å². The average Bonchev–Trinajstić information content (AvgIpc) is 3.49. The molecule has 6 unspecified atom stereocenters. The maximum Gasteiger partial charge on any atom is 0.0541 e. The number of hydrogen-bond acceptors (Lipinski definition) is 2. The molecule has 2 heterocycles. The molecule has 0 aromatic heterocycles. The van der Waals surface area contributed by atoms with Gasteiger partial charge in [0.25, 0.3) is 0 Å². The van der Waals surface area contributed by atoms with E-state index in [1.165, 1.54) is 97.2 Å². The van der Waals surface area contributed by atoms with Crippen LogP contribution in [0, 0.1) is 11.8 Å². The van der Waals surface area contributed by atoms with E-state index in [1.807, 2.05) is 0 Å². The van der Waals surface area contributed by atoms with E-state index in [1.54, 1.807) is 0 Å². The summed E-state index contributed by atoms with van der Waals surface area (Å²) in [6.07, 6.45) is 32.7. The highest BCUT2D eigenvalue weighted by molar-refractivity contribution is 5.88. The van der Waals surface area contributed by atoms with Gasteiger partial charge in [0.05, 0.1) is 6.04 Å². The van der Waals surface area contributed by atoms with Crippen LogP contribution in [0.2, 0.25) is 0 Å². The fraction of sp³-hybridized carbons (Fsp3) is 0.263. The van der Waals surface area contributed by atoms with Gasteiger partial charge in [-0.1, -0.05) is 153 Å². The Balaban J connectivity index is 0.847. The molecule has 59 heavy (non-hydrogen) atoms. The van der Waals surface area contributed by atoms with E-state index >= 15 is 0 Å². The lowest BCUT2D eigenvalue weighted by atomic mass is 9.74. The van der Waals surface area contributed by atoms with Gasteiger partial charge in [-0.15, -0.1) is 0 Å². The van der Waals surface area contributed by atoms with Crippen LogP contribution in [0.1, 0.15) is 80.7 Å². The highest BCUT2D eigenvalue weighted by Crippen LogP contribution is 2.51. The molecule has 4 aliphatic carbocycles. The second-order valence-corrected chi connectivity index (χ2v) is 18.5. The second kappa shape index (κ2) is 14.2. The molecule has 0 bridgehead atoms. The minimum atomic E-state index is -0.0916. The van der Waals surface area contributed by atoms with E-state index in [-0.39, 0.29) is 5.41 Å². The lowest BCUT2D eigenvalue weighted by Gasteiger charge is -2.46. The summed E-state index contributed by atoms with van der Waals surface area (Å²) in [4.78, 5) is 5.23. The van der Waals surface area contributed by atoms with Crippen LogP contribution < -0.4 is 9.80 Å². The first-order valence-electron chi connectivity index (χ1n) is 22.1. The summed E-state index contributed by atoms with van der Waals surface area (Å²) in [5.41, 5.74) is 16.2. The summed E-state index contributed by atoms with van der Waals surface area (Å²) in [5.74, 6) is 1.20. The molecule has 11 rings (SSSR count). The van der Waals surface area contributed by atoms with Gasteiger partial charge in [-0.3, -0.25) is 0 Å². The molecule has 5 aromatic rings. The van der Waals surface area contributed by atoms with Gasteiger partial charge in [0.15, 0.2) is 0 Å². The van der Waals surface area contributed by atoms with Crippen molar-refractivity contribution in [1.82, 2.24) is 0 Å². The van der Waals surface area contributed by atoms with Crippen LogP contribution in [0.4, 0.5) is 17.1 Å². The molecule has 6 aliphatic rings. The molecule has 0 radical (unpaired) electrons. The van der Waals surface area contributed by atoms with Gasteiger partial charge in [-0.05, 0) is 131 Å². The van der Waals surface area contributed by atoms with Crippen molar-refractivity contribution in [1.29, 1.82) is 0 Å². The van der Waals surface area contributed by atoms with Crippen molar-refractivity contribution in [2.75, 3.05) is 9.80 Å². The molecule has 1 fully saturated rings. The molecule has 5 aromatic carbocycles. The maximum atomic E-state index is 2.66. The third-order valence-electron chi connectivity index (χ3n) is 14.7. The summed E-state index contributed by atoms with van der Waals surface area (Å²) in [7, 11) is 0. The number of allylic oxidation sites excluding steroid dienone is 11. The van der Waals surface area contributed by atoms with E-state index in [4.69, 9.17) is 0 Å². The Labute approximate surface area is 351 Å². The SMILES string of the molecule is CC1CCc2ccccc2N1c1ccc2c(c1)C(C)(C)c1cc(/C=C/C3=C4C=CC=CC4C(c4ccc5cc(N6C(C)CCC7C=CC=CC76)ccc5c4)C=C3)ccc1-2. The van der Waals surface area contributed by atoms with Crippen LogP contribution in [-0.2, 0) is 11.8 Å². The molecule has 6 atom stereocenters. The molecule has 2 heteroatoms. The van der Waals surface area contributed by atoms with Gasteiger partial charge in [-0.2, -0.15) is 0 Å². The lowest BCUT2D eigenvalue weighted by molar-refractivity contribution is 0.366. The normalized spacial score (nSPS) is 26.0. The van der Waals surface area contributed by atoms with Crippen LogP contribution in [0.15, 0.2) is 175 Å². The Kier molecular flexibility index (Phi) is 8.70. The van der Waals surface area contributed by atoms with Crippen molar-refractivity contribution < 1.29 is 0 Å². The fourth-order valence-electron chi connectivity index (χ4n) is 11.4. The van der Waals surface area contributed by atoms with Crippen LogP contribution >= 0.6 is 0 Å². The quantitative estimate of drug-likeness (QED) is 0.176. The number of benzene rings is 5. The number of fused-ring (bicyclic) bond motifs is 7. The predicted octanol–water partition coefficient (Wildman–Crippen LogP) is 14.1. The van der Waals surface area contributed by atoms with Crippen molar-refractivity contribution in [3.05, 3.63) is 203 Å². The van der Waals surface area contributed by atoms with Gasteiger partial charge < -0.3 is 9.80 Å². The fourth-order valence-corrected chi connectivity index (χ4v) is 11.4. The largest absolute Gasteiger partial charge is 0.362 e. The van der Waals surface area contributed by atoms with E-state index in [0.29, 0.717) is 35.9 Å². The average molecular weight is 767 g/mol. The number of nitrogens with zero attached hydrogens (tertiary/aromatic N) is 2. The molecule has 0 saturated carbocycles. The first kappa shape index (κ1) is 36.2. The van der Waals surface area contributed by atoms with Crippen molar-refractivity contribution in [2.45, 2.75) is 82.8 Å². The van der Waals surface area contributed by atoms with E-state index < -0.39 is 0 Å². The Morgan fingerprint density at radius 2 is 1.39 bits per heavy atom. The van der Waals surface area contributed by atoms with E-state index in [0.717, 1.165) is 6.42 Å². The van der Waals surface area contributed by atoms with Crippen molar-refractivity contribution >= 4 is 33.9 Å². The highest BCUT2D eigenvalue weighted by Gasteiger charge is 2.37. The number of piperidine rings is 1. The zero-order valence-corrected chi connectivity index (χ0v) is 34.9. The monoisotopic (exact) mass is 766 g/mol. The Morgan fingerprint density at radius 3 is 2.31 bits per heavy atom. The van der Waals surface area contributed by atoms with E-state index in [9.17, 15) is 0 Å². The number of para-hydroxylation sites is 1. The molecular formula is C57H54N2. The van der Waals surface area contributed by atoms with Crippen LogP contribution in [-0.4, -0.2) is 18.1 Å². The maximum absolute atomic E-state index is 2.66. The van der Waals surface area contributed by atoms with Gasteiger partial charge in [-0.25, -0.2) is 0 Å². The number of rotatable bonds is 5. The Morgan fingerprint density at radius 1 is 0.610 bits per heavy atom. The highest BCUT2D eigenvalue weighted by atomic mass is 15.2. The van der Waals surface area contributed by atoms with E-state index in [2.05, 4.69) is 207 Å². The van der Waals surface area contributed by atoms with Crippen molar-refractivity contribution in [3.8, 4) is 11.1 Å². The summed E-state index contributed by atoms with van der Waals surface area (Å²) in [6.45, 7) is 9.57. The molecular weight excluding hydrogens is 713 g/mol. The summed E-state index contributed by atoms with van der Waals surface area (Å²) in [5, 5.41) is 2.63. The molecule has 0 spiro atoms. The topological polar surface area (TPSA) is 6.48 Å². The van der Waals surface area contributed by atoms with Crippen molar-refractivity contribution in [2.24, 2.45) is 11.8 Å². The lowest BCUT2D eigenvalue weighted by Crippen LogP contribution is -2.49. The van der Waals surface area contributed by atoms with Gasteiger partial charge in [0, 0.05) is 52.3 Å². The Bertz CT molecular complexity index is 2730. The predicted molar refractivity (Wildman–Crippen MR) is 251 cm³/mol. The van der Waals surface area contributed by atoms with Gasteiger partial charge >= 0.3 is 0 Å². The number of hydrogen-bond donors (Lipinski definition) is 0. The number of anilines is 3. The minimum absolute atomic E-state index is 0.0916. The molecule has 2 nitrogen and oxygen atoms in total. The standard InChI is InChI=1S/C57H54N2/c1-37-17-21-41-11-5-9-15-55(41)58(37)46-28-26-43-34-45(25-24-44(43)35-46)49-31-27-40(48-13-7-8-14-50(48)49)23-19-39-20-30-51-52-32-29-47(36-54(52)57(3,4)53(51)33-39)59-38(2)18-22-42-12-6-10-16-56(42)59/h5-16,19-20,23-38,41,49-50,55H,17-18,21-22H2,1-4H3/b23-19+. The third kappa shape index (κ3) is 6.05. The third-order valence-corrected chi connectivity index (χ3v) is 14.7. The Hall–Kier alpha value is -5.86. The molecule has 2 aliphatic heterocycles. The molecule has 292 valence electrons.